The molecule has 1 aliphatic rings. The average molecular weight is 499 g/mol. The third-order valence-corrected chi connectivity index (χ3v) is 7.87. The maximum atomic E-state index is 15.8. The molecule has 0 amide bonds. The number of halogens is 4. The van der Waals surface area contributed by atoms with E-state index in [1.807, 2.05) is 0 Å². The Balaban J connectivity index is 1.78. The van der Waals surface area contributed by atoms with Crippen LogP contribution in [0.2, 0.25) is 0 Å². The number of hydrogen-bond donors (Lipinski definition) is 1. The van der Waals surface area contributed by atoms with E-state index >= 15 is 4.39 Å². The fourth-order valence-electron chi connectivity index (χ4n) is 4.19. The number of nitrogens with zero attached hydrogens (tertiary/aromatic N) is 3. The van der Waals surface area contributed by atoms with E-state index in [4.69, 9.17) is 0 Å². The summed E-state index contributed by atoms with van der Waals surface area (Å²) in [5.41, 5.74) is -3.59. The van der Waals surface area contributed by atoms with Crippen LogP contribution in [0.4, 0.5) is 23.4 Å². The van der Waals surface area contributed by atoms with E-state index in [2.05, 4.69) is 15.3 Å². The highest BCUT2D eigenvalue weighted by Crippen LogP contribution is 2.38. The molecule has 7 nitrogen and oxygen atoms in total. The van der Waals surface area contributed by atoms with Crippen LogP contribution in [-0.4, -0.2) is 34.5 Å². The monoisotopic (exact) mass is 498 g/mol. The summed E-state index contributed by atoms with van der Waals surface area (Å²) < 4.78 is 81.3. The number of sulfone groups is 1. The number of pyridine rings is 1. The first-order chi connectivity index (χ1) is 15.9. The van der Waals surface area contributed by atoms with Gasteiger partial charge in [0.15, 0.2) is 9.84 Å². The predicted octanol–water partition coefficient (Wildman–Crippen LogP) is 3.95. The highest BCUT2D eigenvalue weighted by molar-refractivity contribution is 7.91. The molecule has 0 radical (unpaired) electrons. The molecule has 1 fully saturated rings. The Morgan fingerprint density at radius 1 is 1.15 bits per heavy atom. The lowest BCUT2D eigenvalue weighted by molar-refractivity contribution is 0.145. The summed E-state index contributed by atoms with van der Waals surface area (Å²) in [4.78, 5) is 21.1. The van der Waals surface area contributed by atoms with Gasteiger partial charge in [-0.15, -0.1) is 0 Å². The van der Waals surface area contributed by atoms with Gasteiger partial charge in [0.1, 0.15) is 29.3 Å². The van der Waals surface area contributed by atoms with Crippen molar-refractivity contribution >= 4 is 26.7 Å². The van der Waals surface area contributed by atoms with E-state index in [0.717, 1.165) is 10.6 Å². The topological polar surface area (TPSA) is 94.0 Å². The number of aryl methyl sites for hydroxylation is 1. The molecule has 0 spiro atoms. The number of alkyl halides is 3. The Morgan fingerprint density at radius 2 is 1.79 bits per heavy atom. The van der Waals surface area contributed by atoms with Crippen molar-refractivity contribution < 1.29 is 26.0 Å². The van der Waals surface area contributed by atoms with Crippen molar-refractivity contribution in [3.63, 3.8) is 0 Å². The van der Waals surface area contributed by atoms with Crippen LogP contribution in [0, 0.1) is 5.82 Å². The summed E-state index contributed by atoms with van der Waals surface area (Å²) in [5.74, 6) is -1.66. The predicted molar refractivity (Wildman–Crippen MR) is 119 cm³/mol. The van der Waals surface area contributed by atoms with Crippen molar-refractivity contribution in [1.82, 2.24) is 14.5 Å². The lowest BCUT2D eigenvalue weighted by atomic mass is 9.90. The largest absolute Gasteiger partial charge is 0.363 e. The van der Waals surface area contributed by atoms with Crippen molar-refractivity contribution in [3.05, 3.63) is 63.5 Å². The van der Waals surface area contributed by atoms with Crippen LogP contribution in [0.15, 0.2) is 35.4 Å². The molecule has 1 N–H and O–H groups in total. The summed E-state index contributed by atoms with van der Waals surface area (Å²) in [7, 11) is -1.96. The molecule has 1 aliphatic heterocycles. The fourth-order valence-corrected chi connectivity index (χ4v) is 5.66. The molecule has 0 aliphatic carbocycles. The van der Waals surface area contributed by atoms with Gasteiger partial charge in [-0.05, 0) is 25.8 Å². The minimum Gasteiger partial charge on any atom is -0.363 e. The average Bonchev–Trinajstić information content (AvgIpc) is 2.78. The maximum absolute atomic E-state index is 15.8. The molecule has 1 saturated heterocycles. The van der Waals surface area contributed by atoms with Crippen LogP contribution in [-0.2, 0) is 22.6 Å². The number of fused-ring (bicyclic) bond motifs is 1. The third kappa shape index (κ3) is 4.26. The number of hydrogen-bond acceptors (Lipinski definition) is 6. The summed E-state index contributed by atoms with van der Waals surface area (Å²) in [6, 6.07) is 4.17. The lowest BCUT2D eigenvalue weighted by Gasteiger charge is -2.29. The highest BCUT2D eigenvalue weighted by Gasteiger charge is 2.41. The van der Waals surface area contributed by atoms with E-state index in [1.165, 1.54) is 31.6 Å². The second-order valence-electron chi connectivity index (χ2n) is 8.42. The standard InChI is InChI=1S/C22H22F4N4O3S/c1-12(13-4-3-5-14(17(13)23)18(24)25)29-19-15-10-16(21(31)30(2)20(15)28-11-27-19)22(26)6-8-34(32,33)9-7-22/h3-5,10-12,18H,6-9H2,1-2H3,(H,27,28,29). The molecule has 4 rings (SSSR count). The van der Waals surface area contributed by atoms with Gasteiger partial charge in [-0.3, -0.25) is 9.36 Å². The van der Waals surface area contributed by atoms with Gasteiger partial charge < -0.3 is 5.32 Å². The van der Waals surface area contributed by atoms with Crippen LogP contribution >= 0.6 is 0 Å². The molecule has 2 aromatic heterocycles. The molecule has 1 unspecified atom stereocenters. The third-order valence-electron chi connectivity index (χ3n) is 6.22. The zero-order valence-corrected chi connectivity index (χ0v) is 19.2. The van der Waals surface area contributed by atoms with E-state index < -0.39 is 44.9 Å². The number of rotatable bonds is 5. The SMILES string of the molecule is CC(Nc1ncnc2c1cc(C1(F)CCS(=O)(=O)CC1)c(=O)n2C)c1cccc(C(F)F)c1F. The Morgan fingerprint density at radius 3 is 2.44 bits per heavy atom. The molecule has 12 heteroatoms. The summed E-state index contributed by atoms with van der Waals surface area (Å²) in [6.45, 7) is 1.55. The van der Waals surface area contributed by atoms with Gasteiger partial charge in [0.25, 0.3) is 12.0 Å². The Hall–Kier alpha value is -3.02. The van der Waals surface area contributed by atoms with Gasteiger partial charge in [0.2, 0.25) is 0 Å². The van der Waals surface area contributed by atoms with E-state index in [1.54, 1.807) is 6.92 Å². The summed E-state index contributed by atoms with van der Waals surface area (Å²) in [5, 5.41) is 3.19. The van der Waals surface area contributed by atoms with Crippen molar-refractivity contribution in [2.45, 2.75) is 37.9 Å². The van der Waals surface area contributed by atoms with Crippen LogP contribution in [0.25, 0.3) is 11.0 Å². The number of aromatic nitrogens is 3. The summed E-state index contributed by atoms with van der Waals surface area (Å²) in [6.07, 6.45) is -2.52. The Bertz CT molecular complexity index is 1410. The van der Waals surface area contributed by atoms with Crippen LogP contribution in [0.3, 0.4) is 0 Å². The van der Waals surface area contributed by atoms with E-state index in [9.17, 15) is 26.4 Å². The first kappa shape index (κ1) is 24.1. The van der Waals surface area contributed by atoms with E-state index in [0.29, 0.717) is 0 Å². The van der Waals surface area contributed by atoms with Crippen molar-refractivity contribution in [2.24, 2.45) is 7.05 Å². The molecule has 34 heavy (non-hydrogen) atoms. The molecule has 3 aromatic rings. The van der Waals surface area contributed by atoms with Crippen LogP contribution < -0.4 is 10.9 Å². The fraction of sp³-hybridized carbons (Fsp3) is 0.409. The normalized spacial score (nSPS) is 18.2. The number of benzene rings is 1. The molecule has 1 aromatic carbocycles. The number of anilines is 1. The zero-order chi connectivity index (χ0) is 24.8. The van der Waals surface area contributed by atoms with Crippen LogP contribution in [0.1, 0.15) is 48.9 Å². The molecule has 0 saturated carbocycles. The Labute approximate surface area is 192 Å². The Kier molecular flexibility index (Phi) is 6.13. The molecule has 182 valence electrons. The van der Waals surface area contributed by atoms with Gasteiger partial charge in [-0.25, -0.2) is 35.9 Å². The lowest BCUT2D eigenvalue weighted by Crippen LogP contribution is -2.39. The smallest absolute Gasteiger partial charge is 0.266 e. The first-order valence-corrected chi connectivity index (χ1v) is 12.3. The van der Waals surface area contributed by atoms with Gasteiger partial charge in [0, 0.05) is 12.6 Å². The molecule has 1 atom stereocenters. The summed E-state index contributed by atoms with van der Waals surface area (Å²) >= 11 is 0. The minimum atomic E-state index is -3.37. The van der Waals surface area contributed by atoms with Gasteiger partial charge >= 0.3 is 0 Å². The van der Waals surface area contributed by atoms with E-state index in [-0.39, 0.29) is 52.3 Å². The minimum absolute atomic E-state index is 0.0194. The number of nitrogens with one attached hydrogen (secondary N) is 1. The molecule has 0 bridgehead atoms. The zero-order valence-electron chi connectivity index (χ0n) is 18.4. The quantitative estimate of drug-likeness (QED) is 0.536. The molecular formula is C22H22F4N4O3S. The van der Waals surface area contributed by atoms with Crippen LogP contribution in [0.5, 0.6) is 0 Å². The van der Waals surface area contributed by atoms with Crippen molar-refractivity contribution in [1.29, 1.82) is 0 Å². The van der Waals surface area contributed by atoms with Gasteiger partial charge in [-0.1, -0.05) is 18.2 Å². The second-order valence-corrected chi connectivity index (χ2v) is 10.7. The van der Waals surface area contributed by atoms with Crippen molar-refractivity contribution in [2.75, 3.05) is 16.8 Å². The second kappa shape index (κ2) is 8.64. The first-order valence-electron chi connectivity index (χ1n) is 10.5. The maximum Gasteiger partial charge on any atom is 0.266 e. The van der Waals surface area contributed by atoms with Crippen molar-refractivity contribution in [3.8, 4) is 0 Å². The molecular weight excluding hydrogens is 476 g/mol. The molecule has 3 heterocycles. The van der Waals surface area contributed by atoms with Gasteiger partial charge in [-0.2, -0.15) is 0 Å². The van der Waals surface area contributed by atoms with Gasteiger partial charge in [0.05, 0.1) is 34.1 Å². The highest BCUT2D eigenvalue weighted by atomic mass is 32.2.